The van der Waals surface area contributed by atoms with Gasteiger partial charge in [-0.3, -0.25) is 0 Å². The van der Waals surface area contributed by atoms with Crippen molar-refractivity contribution in [3.05, 3.63) is 71.8 Å². The first-order valence-electron chi connectivity index (χ1n) is 5.23. The minimum absolute atomic E-state index is 0.358. The van der Waals surface area contributed by atoms with Crippen LogP contribution in [0, 0.1) is 5.41 Å². The summed E-state index contributed by atoms with van der Waals surface area (Å²) in [5.74, 6) is 0. The highest BCUT2D eigenvalue weighted by Crippen LogP contribution is 2.15. The molecular formula is C14H14N2. The van der Waals surface area contributed by atoms with Gasteiger partial charge in [0, 0.05) is 0 Å². The van der Waals surface area contributed by atoms with Crippen LogP contribution >= 0.6 is 0 Å². The average molecular weight is 210 g/mol. The molecule has 2 heteroatoms. The maximum absolute atomic E-state index is 8.05. The Kier molecular flexibility index (Phi) is 3.13. The summed E-state index contributed by atoms with van der Waals surface area (Å²) in [5.41, 5.74) is 8.34. The van der Waals surface area contributed by atoms with Crippen LogP contribution in [0.1, 0.15) is 17.2 Å². The van der Waals surface area contributed by atoms with Crippen molar-refractivity contribution in [3.8, 4) is 0 Å². The fourth-order valence-corrected chi connectivity index (χ4v) is 1.62. The van der Waals surface area contributed by atoms with E-state index in [2.05, 4.69) is 0 Å². The Hall–Kier alpha value is -1.93. The first-order valence-corrected chi connectivity index (χ1v) is 5.23. The molecule has 2 nitrogen and oxygen atoms in total. The molecule has 0 heterocycles. The average Bonchev–Trinajstić information content (AvgIpc) is 2.39. The van der Waals surface area contributed by atoms with Crippen molar-refractivity contribution in [2.45, 2.75) is 6.04 Å². The molecule has 0 aromatic heterocycles. The number of rotatable bonds is 3. The van der Waals surface area contributed by atoms with Crippen molar-refractivity contribution in [1.82, 2.24) is 0 Å². The van der Waals surface area contributed by atoms with E-state index in [9.17, 15) is 0 Å². The van der Waals surface area contributed by atoms with Gasteiger partial charge >= 0.3 is 0 Å². The largest absolute Gasteiger partial charge is 0.319 e. The highest BCUT2D eigenvalue weighted by atomic mass is 14.7. The normalized spacial score (nSPS) is 12.1. The Morgan fingerprint density at radius 3 is 1.94 bits per heavy atom. The molecule has 80 valence electrons. The Balaban J connectivity index is 2.24. The molecule has 0 radical (unpaired) electrons. The van der Waals surface area contributed by atoms with Gasteiger partial charge in [-0.1, -0.05) is 60.7 Å². The molecule has 0 amide bonds. The summed E-state index contributed by atoms with van der Waals surface area (Å²) in [5, 5.41) is 8.05. The molecule has 1 atom stereocenters. The summed E-state index contributed by atoms with van der Waals surface area (Å²) in [6.45, 7) is 0. The molecule has 0 spiro atoms. The molecular weight excluding hydrogens is 196 g/mol. The SMILES string of the molecule is N=C(c1ccccc1)C(N)c1ccccc1. The van der Waals surface area contributed by atoms with Gasteiger partial charge in [-0.15, -0.1) is 0 Å². The quantitative estimate of drug-likeness (QED) is 0.752. The molecule has 3 N–H and O–H groups in total. The summed E-state index contributed by atoms with van der Waals surface area (Å²) < 4.78 is 0. The summed E-state index contributed by atoms with van der Waals surface area (Å²) in [4.78, 5) is 0. The predicted molar refractivity (Wildman–Crippen MR) is 66.6 cm³/mol. The zero-order chi connectivity index (χ0) is 11.4. The van der Waals surface area contributed by atoms with Crippen LogP contribution in [0.2, 0.25) is 0 Å². The third kappa shape index (κ3) is 2.18. The second-order valence-corrected chi connectivity index (χ2v) is 3.67. The third-order valence-corrected chi connectivity index (χ3v) is 2.55. The van der Waals surface area contributed by atoms with Crippen LogP contribution in [0.4, 0.5) is 0 Å². The van der Waals surface area contributed by atoms with Crippen LogP contribution in [-0.4, -0.2) is 5.71 Å². The molecule has 2 aromatic rings. The van der Waals surface area contributed by atoms with Gasteiger partial charge in [0.1, 0.15) is 0 Å². The lowest BCUT2D eigenvalue weighted by Crippen LogP contribution is -2.21. The monoisotopic (exact) mass is 210 g/mol. The smallest absolute Gasteiger partial charge is 0.0725 e. The molecule has 0 aliphatic carbocycles. The number of benzene rings is 2. The van der Waals surface area contributed by atoms with E-state index >= 15 is 0 Å². The van der Waals surface area contributed by atoms with Crippen molar-refractivity contribution >= 4 is 5.71 Å². The van der Waals surface area contributed by atoms with E-state index in [0.29, 0.717) is 5.71 Å². The maximum Gasteiger partial charge on any atom is 0.0725 e. The van der Waals surface area contributed by atoms with Crippen LogP contribution < -0.4 is 5.73 Å². The molecule has 2 rings (SSSR count). The summed E-state index contributed by atoms with van der Waals surface area (Å²) in [7, 11) is 0. The van der Waals surface area contributed by atoms with Crippen LogP contribution in [0.15, 0.2) is 60.7 Å². The predicted octanol–water partition coefficient (Wildman–Crippen LogP) is 2.75. The first kappa shape index (κ1) is 10.6. The molecule has 0 aliphatic rings. The van der Waals surface area contributed by atoms with Gasteiger partial charge in [-0.05, 0) is 11.1 Å². The highest BCUT2D eigenvalue weighted by Gasteiger charge is 2.12. The van der Waals surface area contributed by atoms with Gasteiger partial charge in [-0.25, -0.2) is 0 Å². The maximum atomic E-state index is 8.05. The molecule has 0 saturated carbocycles. The van der Waals surface area contributed by atoms with E-state index in [1.807, 2.05) is 60.7 Å². The van der Waals surface area contributed by atoms with E-state index in [-0.39, 0.29) is 6.04 Å². The minimum atomic E-state index is -0.358. The van der Waals surface area contributed by atoms with Crippen molar-refractivity contribution in [3.63, 3.8) is 0 Å². The zero-order valence-electron chi connectivity index (χ0n) is 8.93. The third-order valence-electron chi connectivity index (χ3n) is 2.55. The number of hydrogen-bond acceptors (Lipinski definition) is 2. The van der Waals surface area contributed by atoms with E-state index in [4.69, 9.17) is 11.1 Å². The Bertz CT molecular complexity index is 463. The van der Waals surface area contributed by atoms with E-state index in [0.717, 1.165) is 11.1 Å². The molecule has 0 bridgehead atoms. The highest BCUT2D eigenvalue weighted by molar-refractivity contribution is 6.02. The van der Waals surface area contributed by atoms with Crippen LogP contribution in [0.25, 0.3) is 0 Å². The summed E-state index contributed by atoms with van der Waals surface area (Å²) in [6, 6.07) is 18.9. The number of nitrogens with one attached hydrogen (secondary N) is 1. The van der Waals surface area contributed by atoms with Gasteiger partial charge in [0.25, 0.3) is 0 Å². The van der Waals surface area contributed by atoms with Gasteiger partial charge in [0.2, 0.25) is 0 Å². The van der Waals surface area contributed by atoms with Crippen molar-refractivity contribution < 1.29 is 0 Å². The fourth-order valence-electron chi connectivity index (χ4n) is 1.62. The van der Waals surface area contributed by atoms with Crippen molar-refractivity contribution in [1.29, 1.82) is 5.41 Å². The van der Waals surface area contributed by atoms with Crippen molar-refractivity contribution in [2.24, 2.45) is 5.73 Å². The number of nitrogens with two attached hydrogens (primary N) is 1. The lowest BCUT2D eigenvalue weighted by atomic mass is 9.98. The first-order chi connectivity index (χ1) is 7.79. The molecule has 0 fully saturated rings. The van der Waals surface area contributed by atoms with Gasteiger partial charge in [0.15, 0.2) is 0 Å². The Morgan fingerprint density at radius 1 is 0.875 bits per heavy atom. The zero-order valence-corrected chi connectivity index (χ0v) is 8.93. The minimum Gasteiger partial charge on any atom is -0.319 e. The topological polar surface area (TPSA) is 49.9 Å². The van der Waals surface area contributed by atoms with E-state index < -0.39 is 0 Å². The number of hydrogen-bond donors (Lipinski definition) is 2. The molecule has 1 unspecified atom stereocenters. The van der Waals surface area contributed by atoms with Gasteiger partial charge in [0.05, 0.1) is 11.8 Å². The standard InChI is InChI=1S/C14H14N2/c15-13(11-7-3-1-4-8-11)14(16)12-9-5-2-6-10-12/h1-10,13,16H,15H2. The van der Waals surface area contributed by atoms with Crippen molar-refractivity contribution in [2.75, 3.05) is 0 Å². The van der Waals surface area contributed by atoms with Crippen LogP contribution in [0.5, 0.6) is 0 Å². The second-order valence-electron chi connectivity index (χ2n) is 3.67. The fraction of sp³-hybridized carbons (Fsp3) is 0.0714. The molecule has 2 aromatic carbocycles. The van der Waals surface area contributed by atoms with Crippen LogP contribution in [0.3, 0.4) is 0 Å². The summed E-state index contributed by atoms with van der Waals surface area (Å²) >= 11 is 0. The Morgan fingerprint density at radius 2 is 1.38 bits per heavy atom. The molecule has 16 heavy (non-hydrogen) atoms. The van der Waals surface area contributed by atoms with Gasteiger partial charge < -0.3 is 11.1 Å². The van der Waals surface area contributed by atoms with Gasteiger partial charge in [-0.2, -0.15) is 0 Å². The van der Waals surface area contributed by atoms with E-state index in [1.54, 1.807) is 0 Å². The van der Waals surface area contributed by atoms with E-state index in [1.165, 1.54) is 0 Å². The summed E-state index contributed by atoms with van der Waals surface area (Å²) in [6.07, 6.45) is 0. The second kappa shape index (κ2) is 4.73. The molecule has 0 saturated heterocycles. The van der Waals surface area contributed by atoms with Crippen LogP contribution in [-0.2, 0) is 0 Å². The molecule has 0 aliphatic heterocycles. The Labute approximate surface area is 95.2 Å². The lowest BCUT2D eigenvalue weighted by Gasteiger charge is -2.13. The lowest BCUT2D eigenvalue weighted by molar-refractivity contribution is 0.952.